The first-order valence-electron chi connectivity index (χ1n) is 6.62. The summed E-state index contributed by atoms with van der Waals surface area (Å²) in [4.78, 5) is -0.208. The molecule has 1 spiro atoms. The standard InChI is InChI=1S/C15H21Br2ClO/c1-9-5-6-10(16)13(2,3)15(9)7-11(17)14(4,18)8-12(15)19/h5-6,11-12,19H,7-8H2,1-4H3/t11?,12?,14?,15-/m0/s1. The van der Waals surface area contributed by atoms with Crippen LogP contribution in [0, 0.1) is 10.8 Å². The Morgan fingerprint density at radius 1 is 1.26 bits per heavy atom. The second kappa shape index (κ2) is 4.86. The van der Waals surface area contributed by atoms with E-state index in [1.54, 1.807) is 0 Å². The van der Waals surface area contributed by atoms with Crippen LogP contribution in [0.4, 0.5) is 0 Å². The van der Waals surface area contributed by atoms with Crippen molar-refractivity contribution in [3.05, 3.63) is 22.2 Å². The summed E-state index contributed by atoms with van der Waals surface area (Å²) in [7, 11) is 0. The van der Waals surface area contributed by atoms with E-state index in [2.05, 4.69) is 64.8 Å². The van der Waals surface area contributed by atoms with Gasteiger partial charge in [0.25, 0.3) is 0 Å². The maximum atomic E-state index is 10.9. The van der Waals surface area contributed by atoms with Gasteiger partial charge in [0.05, 0.1) is 11.0 Å². The van der Waals surface area contributed by atoms with E-state index < -0.39 is 11.0 Å². The zero-order valence-corrected chi connectivity index (χ0v) is 15.7. The predicted molar refractivity (Wildman–Crippen MR) is 89.2 cm³/mol. The Hall–Kier alpha value is 0.690. The molecule has 0 bridgehead atoms. The highest BCUT2D eigenvalue weighted by atomic mass is 79.9. The van der Waals surface area contributed by atoms with Crippen LogP contribution in [-0.2, 0) is 0 Å². The highest BCUT2D eigenvalue weighted by Crippen LogP contribution is 2.63. The molecule has 0 aromatic carbocycles. The molecule has 19 heavy (non-hydrogen) atoms. The molecular weight excluding hydrogens is 391 g/mol. The number of hydrogen-bond donors (Lipinski definition) is 1. The Balaban J connectivity index is 2.53. The fourth-order valence-electron chi connectivity index (χ4n) is 3.67. The molecule has 4 atom stereocenters. The highest BCUT2D eigenvalue weighted by molar-refractivity contribution is 9.11. The zero-order valence-electron chi connectivity index (χ0n) is 11.8. The molecule has 2 aliphatic carbocycles. The predicted octanol–water partition coefficient (Wildman–Crippen LogP) is 5.15. The molecule has 0 radical (unpaired) electrons. The molecular formula is C15H21Br2ClO. The van der Waals surface area contributed by atoms with Crippen LogP contribution in [0.5, 0.6) is 0 Å². The molecule has 0 heterocycles. The van der Waals surface area contributed by atoms with Crippen LogP contribution in [-0.4, -0.2) is 20.9 Å². The number of aliphatic hydroxyl groups excluding tert-OH is 1. The zero-order chi connectivity index (χ0) is 14.6. The molecule has 1 N–H and O–H groups in total. The number of halogens is 3. The number of allylic oxidation sites excluding steroid dienone is 3. The third-order valence-electron chi connectivity index (χ3n) is 5.21. The second-order valence-electron chi connectivity index (χ2n) is 6.63. The summed E-state index contributed by atoms with van der Waals surface area (Å²) in [5.41, 5.74) is 0.846. The highest BCUT2D eigenvalue weighted by Gasteiger charge is 2.59. The van der Waals surface area contributed by atoms with Gasteiger partial charge in [0.2, 0.25) is 0 Å². The summed E-state index contributed by atoms with van der Waals surface area (Å²) in [5.74, 6) is 0. The maximum Gasteiger partial charge on any atom is 0.0659 e. The van der Waals surface area contributed by atoms with Gasteiger partial charge < -0.3 is 5.11 Å². The topological polar surface area (TPSA) is 20.2 Å². The summed E-state index contributed by atoms with van der Waals surface area (Å²) in [5, 5.41) is 10.9. The van der Waals surface area contributed by atoms with Crippen LogP contribution < -0.4 is 0 Å². The average molecular weight is 413 g/mol. The van der Waals surface area contributed by atoms with Gasteiger partial charge in [-0.2, -0.15) is 0 Å². The lowest BCUT2D eigenvalue weighted by molar-refractivity contribution is -0.0528. The fourth-order valence-corrected chi connectivity index (χ4v) is 5.08. The van der Waals surface area contributed by atoms with Gasteiger partial charge in [-0.1, -0.05) is 63.4 Å². The Labute approximate surface area is 137 Å². The van der Waals surface area contributed by atoms with Crippen molar-refractivity contribution in [2.24, 2.45) is 10.8 Å². The molecule has 2 aliphatic rings. The van der Waals surface area contributed by atoms with Crippen LogP contribution in [0.3, 0.4) is 0 Å². The lowest BCUT2D eigenvalue weighted by Crippen LogP contribution is -2.58. The van der Waals surface area contributed by atoms with Crippen LogP contribution in [0.25, 0.3) is 0 Å². The lowest BCUT2D eigenvalue weighted by Gasteiger charge is -2.58. The molecule has 0 saturated heterocycles. The van der Waals surface area contributed by atoms with E-state index in [9.17, 15) is 5.11 Å². The van der Waals surface area contributed by atoms with Crippen molar-refractivity contribution in [1.29, 1.82) is 0 Å². The van der Waals surface area contributed by atoms with Gasteiger partial charge >= 0.3 is 0 Å². The minimum Gasteiger partial charge on any atom is -0.392 e. The van der Waals surface area contributed by atoms with Crippen LogP contribution in [0.2, 0.25) is 0 Å². The molecule has 4 heteroatoms. The summed E-state index contributed by atoms with van der Waals surface area (Å²) in [6, 6.07) is 0. The SMILES string of the molecule is CC1=CC=C(Br)C(C)(C)[C@@]12CC(Br)C(C)(Cl)CC2O. The Morgan fingerprint density at radius 2 is 1.84 bits per heavy atom. The van der Waals surface area contributed by atoms with Gasteiger partial charge in [-0.3, -0.25) is 0 Å². The van der Waals surface area contributed by atoms with E-state index in [0.29, 0.717) is 6.42 Å². The maximum absolute atomic E-state index is 10.9. The third-order valence-corrected chi connectivity index (χ3v) is 8.48. The molecule has 0 aromatic heterocycles. The quantitative estimate of drug-likeness (QED) is 0.545. The van der Waals surface area contributed by atoms with E-state index in [1.165, 1.54) is 5.57 Å². The van der Waals surface area contributed by atoms with Gasteiger partial charge in [-0.25, -0.2) is 0 Å². The first kappa shape index (κ1) is 16.1. The number of hydrogen-bond acceptors (Lipinski definition) is 1. The molecule has 1 saturated carbocycles. The van der Waals surface area contributed by atoms with E-state index in [-0.39, 0.29) is 15.7 Å². The van der Waals surface area contributed by atoms with Crippen LogP contribution in [0.15, 0.2) is 22.2 Å². The van der Waals surface area contributed by atoms with Crippen molar-refractivity contribution in [3.8, 4) is 0 Å². The molecule has 0 aliphatic heterocycles. The first-order chi connectivity index (χ1) is 8.55. The monoisotopic (exact) mass is 410 g/mol. The van der Waals surface area contributed by atoms with Gasteiger partial charge in [-0.15, -0.1) is 11.6 Å². The van der Waals surface area contributed by atoms with Crippen LogP contribution in [0.1, 0.15) is 40.5 Å². The van der Waals surface area contributed by atoms with E-state index in [1.807, 2.05) is 6.92 Å². The Kier molecular flexibility index (Phi) is 4.11. The number of rotatable bonds is 0. The van der Waals surface area contributed by atoms with Crippen molar-refractivity contribution >= 4 is 43.5 Å². The molecule has 3 unspecified atom stereocenters. The van der Waals surface area contributed by atoms with Crippen molar-refractivity contribution in [1.82, 2.24) is 0 Å². The summed E-state index contributed by atoms with van der Waals surface area (Å²) in [6.45, 7) is 8.52. The molecule has 0 aromatic rings. The average Bonchev–Trinajstić information content (AvgIpc) is 2.27. The summed E-state index contributed by atoms with van der Waals surface area (Å²) in [6.07, 6.45) is 5.22. The molecule has 108 valence electrons. The second-order valence-corrected chi connectivity index (χ2v) is 9.45. The largest absolute Gasteiger partial charge is 0.392 e. The minimum absolute atomic E-state index is 0.134. The third kappa shape index (κ3) is 2.20. The smallest absolute Gasteiger partial charge is 0.0659 e. The Bertz CT molecular complexity index is 453. The van der Waals surface area contributed by atoms with Gasteiger partial charge in [-0.05, 0) is 26.7 Å². The van der Waals surface area contributed by atoms with Crippen molar-refractivity contribution in [2.45, 2.75) is 56.3 Å². The summed E-state index contributed by atoms with van der Waals surface area (Å²) < 4.78 is 1.14. The van der Waals surface area contributed by atoms with E-state index in [0.717, 1.165) is 10.9 Å². The van der Waals surface area contributed by atoms with Crippen molar-refractivity contribution < 1.29 is 5.11 Å². The lowest BCUT2D eigenvalue weighted by atomic mass is 9.51. The molecule has 2 rings (SSSR count). The van der Waals surface area contributed by atoms with Crippen molar-refractivity contribution in [2.75, 3.05) is 0 Å². The number of aliphatic hydroxyl groups is 1. The van der Waals surface area contributed by atoms with Gasteiger partial charge in [0, 0.05) is 20.1 Å². The van der Waals surface area contributed by atoms with Gasteiger partial charge in [0.15, 0.2) is 0 Å². The van der Waals surface area contributed by atoms with Crippen LogP contribution >= 0.6 is 43.5 Å². The fraction of sp³-hybridized carbons (Fsp3) is 0.733. The van der Waals surface area contributed by atoms with E-state index >= 15 is 0 Å². The normalized spacial score (nSPS) is 45.9. The first-order valence-corrected chi connectivity index (χ1v) is 8.70. The minimum atomic E-state index is -0.434. The summed E-state index contributed by atoms with van der Waals surface area (Å²) >= 11 is 14.0. The number of alkyl halides is 2. The van der Waals surface area contributed by atoms with Crippen molar-refractivity contribution in [3.63, 3.8) is 0 Å². The van der Waals surface area contributed by atoms with E-state index in [4.69, 9.17) is 11.6 Å². The molecule has 1 fully saturated rings. The Morgan fingerprint density at radius 3 is 2.42 bits per heavy atom. The van der Waals surface area contributed by atoms with Gasteiger partial charge in [0.1, 0.15) is 0 Å². The molecule has 0 amide bonds. The molecule has 1 nitrogen and oxygen atoms in total.